The number of rotatable bonds is 2. The van der Waals surface area contributed by atoms with Gasteiger partial charge < -0.3 is 16.2 Å². The Kier molecular flexibility index (Phi) is 3.69. The zero-order valence-electron chi connectivity index (χ0n) is 7.99. The summed E-state index contributed by atoms with van der Waals surface area (Å²) in [5, 5.41) is 12.1. The van der Waals surface area contributed by atoms with Gasteiger partial charge in [0.05, 0.1) is 12.1 Å². The van der Waals surface area contributed by atoms with Crippen molar-refractivity contribution in [1.82, 2.24) is 5.32 Å². The maximum atomic E-state index is 11.2. The number of nitrogens with one attached hydrogen (secondary N) is 1. The van der Waals surface area contributed by atoms with E-state index in [1.165, 1.54) is 0 Å². The molecular formula is C9H18N2O2. The van der Waals surface area contributed by atoms with E-state index in [-0.39, 0.29) is 18.1 Å². The van der Waals surface area contributed by atoms with Gasteiger partial charge in [-0.2, -0.15) is 0 Å². The molecule has 0 unspecified atom stereocenters. The summed E-state index contributed by atoms with van der Waals surface area (Å²) in [6.45, 7) is 1.67. The lowest BCUT2D eigenvalue weighted by Gasteiger charge is -2.26. The molecule has 1 rings (SSSR count). The van der Waals surface area contributed by atoms with Gasteiger partial charge in [-0.3, -0.25) is 4.79 Å². The molecule has 0 aromatic rings. The minimum absolute atomic E-state index is 0.0959. The van der Waals surface area contributed by atoms with Gasteiger partial charge in [-0.05, 0) is 32.6 Å². The smallest absolute Gasteiger partial charge is 0.236 e. The van der Waals surface area contributed by atoms with Crippen LogP contribution >= 0.6 is 0 Å². The van der Waals surface area contributed by atoms with Crippen molar-refractivity contribution < 1.29 is 9.90 Å². The fraction of sp³-hybridized carbons (Fsp3) is 0.889. The molecule has 0 spiro atoms. The van der Waals surface area contributed by atoms with Gasteiger partial charge in [0.25, 0.3) is 0 Å². The molecule has 0 aliphatic heterocycles. The number of hydrogen-bond acceptors (Lipinski definition) is 3. The van der Waals surface area contributed by atoms with E-state index in [0.29, 0.717) is 0 Å². The van der Waals surface area contributed by atoms with Crippen molar-refractivity contribution in [2.24, 2.45) is 5.73 Å². The monoisotopic (exact) mass is 186 g/mol. The third-order valence-electron chi connectivity index (χ3n) is 2.46. The van der Waals surface area contributed by atoms with Crippen LogP contribution in [0.15, 0.2) is 0 Å². The molecule has 1 saturated carbocycles. The predicted molar refractivity (Wildman–Crippen MR) is 50.1 cm³/mol. The van der Waals surface area contributed by atoms with Gasteiger partial charge in [-0.1, -0.05) is 0 Å². The first kappa shape index (κ1) is 10.5. The zero-order chi connectivity index (χ0) is 9.84. The van der Waals surface area contributed by atoms with Crippen LogP contribution in [0.5, 0.6) is 0 Å². The SMILES string of the molecule is C[C@H](N)C(=O)NC1CCC(O)CC1. The topological polar surface area (TPSA) is 75.4 Å². The van der Waals surface area contributed by atoms with E-state index in [9.17, 15) is 9.90 Å². The van der Waals surface area contributed by atoms with Crippen LogP contribution in [0, 0.1) is 0 Å². The molecule has 0 heterocycles. The summed E-state index contributed by atoms with van der Waals surface area (Å²) in [4.78, 5) is 11.2. The highest BCUT2D eigenvalue weighted by atomic mass is 16.3. The van der Waals surface area contributed by atoms with Gasteiger partial charge in [0.1, 0.15) is 0 Å². The van der Waals surface area contributed by atoms with Crippen molar-refractivity contribution in [3.05, 3.63) is 0 Å². The number of amides is 1. The highest BCUT2D eigenvalue weighted by Gasteiger charge is 2.21. The lowest BCUT2D eigenvalue weighted by atomic mass is 9.93. The molecule has 0 aromatic heterocycles. The maximum absolute atomic E-state index is 11.2. The summed E-state index contributed by atoms with van der Waals surface area (Å²) >= 11 is 0. The summed E-state index contributed by atoms with van der Waals surface area (Å²) in [6, 6.07) is -0.228. The highest BCUT2D eigenvalue weighted by Crippen LogP contribution is 2.18. The van der Waals surface area contributed by atoms with Crippen molar-refractivity contribution in [1.29, 1.82) is 0 Å². The maximum Gasteiger partial charge on any atom is 0.236 e. The van der Waals surface area contributed by atoms with Crippen molar-refractivity contribution in [3.8, 4) is 0 Å². The van der Waals surface area contributed by atoms with Crippen molar-refractivity contribution in [3.63, 3.8) is 0 Å². The highest BCUT2D eigenvalue weighted by molar-refractivity contribution is 5.81. The van der Waals surface area contributed by atoms with Gasteiger partial charge in [0.15, 0.2) is 0 Å². The standard InChI is InChI=1S/C9H18N2O2/c1-6(10)9(13)11-7-2-4-8(12)5-3-7/h6-8,12H,2-5,10H2,1H3,(H,11,13)/t6-,7?,8?/m0/s1. The molecule has 13 heavy (non-hydrogen) atoms. The molecule has 4 heteroatoms. The lowest BCUT2D eigenvalue weighted by Crippen LogP contribution is -2.45. The number of aliphatic hydroxyl groups excluding tert-OH is 1. The largest absolute Gasteiger partial charge is 0.393 e. The molecule has 1 aliphatic rings. The molecule has 1 aliphatic carbocycles. The van der Waals surface area contributed by atoms with E-state index in [1.807, 2.05) is 0 Å². The van der Waals surface area contributed by atoms with Crippen LogP contribution in [0.2, 0.25) is 0 Å². The molecule has 1 amide bonds. The Bertz CT molecular complexity index is 174. The Morgan fingerprint density at radius 2 is 2.00 bits per heavy atom. The first-order valence-electron chi connectivity index (χ1n) is 4.83. The third-order valence-corrected chi connectivity index (χ3v) is 2.46. The van der Waals surface area contributed by atoms with E-state index in [0.717, 1.165) is 25.7 Å². The summed E-state index contributed by atoms with van der Waals surface area (Å²) < 4.78 is 0. The Hall–Kier alpha value is -0.610. The second-order valence-corrected chi connectivity index (χ2v) is 3.80. The van der Waals surface area contributed by atoms with E-state index < -0.39 is 6.04 Å². The molecule has 1 atom stereocenters. The van der Waals surface area contributed by atoms with Gasteiger partial charge in [0, 0.05) is 6.04 Å². The Labute approximate surface area is 78.5 Å². The van der Waals surface area contributed by atoms with Crippen LogP contribution in [0.3, 0.4) is 0 Å². The third kappa shape index (κ3) is 3.32. The molecule has 0 saturated heterocycles. The van der Waals surface area contributed by atoms with E-state index in [4.69, 9.17) is 5.73 Å². The minimum Gasteiger partial charge on any atom is -0.393 e. The Balaban J connectivity index is 2.26. The van der Waals surface area contributed by atoms with Crippen LogP contribution in [-0.4, -0.2) is 29.2 Å². The molecule has 1 fully saturated rings. The van der Waals surface area contributed by atoms with Crippen LogP contribution in [0.25, 0.3) is 0 Å². The predicted octanol–water partition coefficient (Wildman–Crippen LogP) is -0.247. The van der Waals surface area contributed by atoms with Crippen molar-refractivity contribution >= 4 is 5.91 Å². The van der Waals surface area contributed by atoms with Crippen molar-refractivity contribution in [2.45, 2.75) is 50.8 Å². The van der Waals surface area contributed by atoms with Gasteiger partial charge in [0.2, 0.25) is 5.91 Å². The Morgan fingerprint density at radius 3 is 2.46 bits per heavy atom. The first-order chi connectivity index (χ1) is 6.09. The van der Waals surface area contributed by atoms with Gasteiger partial charge in [-0.15, -0.1) is 0 Å². The number of aliphatic hydroxyl groups is 1. The van der Waals surface area contributed by atoms with Crippen LogP contribution in [-0.2, 0) is 4.79 Å². The van der Waals surface area contributed by atoms with Crippen LogP contribution in [0.4, 0.5) is 0 Å². The van der Waals surface area contributed by atoms with E-state index in [1.54, 1.807) is 6.92 Å². The number of nitrogens with two attached hydrogens (primary N) is 1. The minimum atomic E-state index is -0.438. The summed E-state index contributed by atoms with van der Waals surface area (Å²) in [6.07, 6.45) is 3.11. The molecular weight excluding hydrogens is 168 g/mol. The molecule has 0 radical (unpaired) electrons. The molecule has 4 N–H and O–H groups in total. The number of carbonyl (C=O) groups excluding carboxylic acids is 1. The number of carbonyl (C=O) groups is 1. The van der Waals surface area contributed by atoms with E-state index in [2.05, 4.69) is 5.32 Å². The normalized spacial score (nSPS) is 31.0. The summed E-state index contributed by atoms with van der Waals surface area (Å²) in [7, 11) is 0. The number of hydrogen-bond donors (Lipinski definition) is 3. The lowest BCUT2D eigenvalue weighted by molar-refractivity contribution is -0.123. The van der Waals surface area contributed by atoms with Gasteiger partial charge in [-0.25, -0.2) is 0 Å². The molecule has 0 aromatic carbocycles. The Morgan fingerprint density at radius 1 is 1.46 bits per heavy atom. The summed E-state index contributed by atoms with van der Waals surface area (Å²) in [5.41, 5.74) is 5.42. The average molecular weight is 186 g/mol. The fourth-order valence-corrected chi connectivity index (χ4v) is 1.55. The molecule has 76 valence electrons. The van der Waals surface area contributed by atoms with E-state index >= 15 is 0 Å². The molecule has 0 bridgehead atoms. The second kappa shape index (κ2) is 4.58. The zero-order valence-corrected chi connectivity index (χ0v) is 7.99. The fourth-order valence-electron chi connectivity index (χ4n) is 1.55. The average Bonchev–Trinajstić information content (AvgIpc) is 2.08. The quantitative estimate of drug-likeness (QED) is 0.557. The van der Waals surface area contributed by atoms with Crippen LogP contribution < -0.4 is 11.1 Å². The first-order valence-corrected chi connectivity index (χ1v) is 4.83. The van der Waals surface area contributed by atoms with Gasteiger partial charge >= 0.3 is 0 Å². The summed E-state index contributed by atoms with van der Waals surface area (Å²) in [5.74, 6) is -0.0959. The molecule has 4 nitrogen and oxygen atoms in total. The van der Waals surface area contributed by atoms with Crippen molar-refractivity contribution in [2.75, 3.05) is 0 Å². The second-order valence-electron chi connectivity index (χ2n) is 3.80. The van der Waals surface area contributed by atoms with Crippen LogP contribution in [0.1, 0.15) is 32.6 Å².